The van der Waals surface area contributed by atoms with E-state index in [1.165, 1.54) is 30.3 Å². The maximum absolute atomic E-state index is 12.1. The van der Waals surface area contributed by atoms with Crippen LogP contribution in [0.3, 0.4) is 0 Å². The van der Waals surface area contributed by atoms with E-state index in [1.807, 2.05) is 0 Å². The van der Waals surface area contributed by atoms with E-state index in [9.17, 15) is 18.4 Å². The van der Waals surface area contributed by atoms with Gasteiger partial charge in [0.15, 0.2) is 17.5 Å². The summed E-state index contributed by atoms with van der Waals surface area (Å²) in [6, 6.07) is 10.4. The molecular formula is C19H13ClF2N2O4. The Kier molecular flexibility index (Phi) is 6.00. The van der Waals surface area contributed by atoms with Crippen molar-refractivity contribution in [2.75, 3.05) is 6.61 Å². The van der Waals surface area contributed by atoms with E-state index in [0.717, 1.165) is 6.08 Å². The van der Waals surface area contributed by atoms with Crippen LogP contribution in [0.5, 0.6) is 5.75 Å². The molecular weight excluding hydrogens is 394 g/mol. The van der Waals surface area contributed by atoms with Crippen molar-refractivity contribution in [2.45, 2.75) is 6.61 Å². The number of alkyl halides is 2. The number of pyridine rings is 1. The summed E-state index contributed by atoms with van der Waals surface area (Å²) in [6.45, 7) is -3.45. The van der Waals surface area contributed by atoms with Gasteiger partial charge >= 0.3 is 12.6 Å². The Morgan fingerprint density at radius 1 is 1.18 bits per heavy atom. The van der Waals surface area contributed by atoms with Crippen molar-refractivity contribution >= 4 is 35.1 Å². The van der Waals surface area contributed by atoms with Crippen molar-refractivity contribution in [1.82, 2.24) is 9.38 Å². The van der Waals surface area contributed by atoms with Gasteiger partial charge in [0.05, 0.1) is 5.69 Å². The molecule has 0 saturated heterocycles. The van der Waals surface area contributed by atoms with Crippen molar-refractivity contribution in [3.63, 3.8) is 0 Å². The van der Waals surface area contributed by atoms with Crippen LogP contribution in [0, 0.1) is 0 Å². The molecule has 0 spiro atoms. The zero-order valence-electron chi connectivity index (χ0n) is 14.2. The maximum atomic E-state index is 12.1. The van der Waals surface area contributed by atoms with Crippen molar-refractivity contribution < 1.29 is 27.8 Å². The largest absolute Gasteiger partial charge is 0.454 e. The van der Waals surface area contributed by atoms with Crippen LogP contribution in [-0.4, -0.2) is 34.4 Å². The second kappa shape index (κ2) is 8.62. The number of halogens is 3. The predicted octanol–water partition coefficient (Wildman–Crippen LogP) is 4.03. The summed E-state index contributed by atoms with van der Waals surface area (Å²) in [5, 5.41) is 0.220. The summed E-state index contributed by atoms with van der Waals surface area (Å²) < 4.78 is 35.0. The highest BCUT2D eigenvalue weighted by Crippen LogP contribution is 2.19. The van der Waals surface area contributed by atoms with Crippen LogP contribution in [0.4, 0.5) is 8.78 Å². The highest BCUT2D eigenvalue weighted by atomic mass is 35.5. The Morgan fingerprint density at radius 3 is 2.64 bits per heavy atom. The van der Waals surface area contributed by atoms with Gasteiger partial charge in [-0.25, -0.2) is 9.78 Å². The van der Waals surface area contributed by atoms with Crippen molar-refractivity contribution in [3.05, 3.63) is 71.1 Å². The first-order chi connectivity index (χ1) is 13.4. The monoisotopic (exact) mass is 406 g/mol. The van der Waals surface area contributed by atoms with Gasteiger partial charge in [-0.15, -0.1) is 0 Å². The average Bonchev–Trinajstić information content (AvgIpc) is 2.99. The van der Waals surface area contributed by atoms with E-state index < -0.39 is 25.0 Å². The molecule has 0 bridgehead atoms. The number of hydrogen-bond donors (Lipinski definition) is 0. The van der Waals surface area contributed by atoms with Crippen LogP contribution < -0.4 is 4.74 Å². The van der Waals surface area contributed by atoms with E-state index in [1.54, 1.807) is 28.8 Å². The molecule has 0 radical (unpaired) electrons. The Labute approximate surface area is 163 Å². The number of ketones is 1. The molecule has 0 aliphatic rings. The van der Waals surface area contributed by atoms with Gasteiger partial charge in [0.1, 0.15) is 11.4 Å². The zero-order valence-corrected chi connectivity index (χ0v) is 15.0. The van der Waals surface area contributed by atoms with Crippen LogP contribution in [0.1, 0.15) is 16.1 Å². The van der Waals surface area contributed by atoms with Gasteiger partial charge in [0.2, 0.25) is 0 Å². The number of carbonyl (C=O) groups is 2. The van der Waals surface area contributed by atoms with Crippen LogP contribution in [0.2, 0.25) is 5.15 Å². The number of Topliss-reactive ketones (excluding diaryl/α,β-unsaturated/α-hetero) is 1. The van der Waals surface area contributed by atoms with Crippen LogP contribution in [0.25, 0.3) is 11.7 Å². The Balaban J connectivity index is 1.58. The topological polar surface area (TPSA) is 69.9 Å². The number of imidazole rings is 1. The number of aromatic nitrogens is 2. The second-order valence-corrected chi connectivity index (χ2v) is 5.84. The van der Waals surface area contributed by atoms with Gasteiger partial charge in [0, 0.05) is 17.8 Å². The van der Waals surface area contributed by atoms with Crippen LogP contribution >= 0.6 is 11.6 Å². The van der Waals surface area contributed by atoms with E-state index in [-0.39, 0.29) is 16.5 Å². The second-order valence-electron chi connectivity index (χ2n) is 5.48. The molecule has 2 aromatic heterocycles. The van der Waals surface area contributed by atoms with E-state index >= 15 is 0 Å². The van der Waals surface area contributed by atoms with E-state index in [2.05, 4.69) is 9.72 Å². The molecule has 0 N–H and O–H groups in total. The number of rotatable bonds is 7. The standard InChI is InChI=1S/C19H13ClF2N2O4/c20-18-14(24-10-2-1-3-16(24)23-18)8-9-17(26)27-11-15(25)12-4-6-13(7-5-12)28-19(21)22/h1-10,19H,11H2/b9-8+. The van der Waals surface area contributed by atoms with Gasteiger partial charge < -0.3 is 9.47 Å². The maximum Gasteiger partial charge on any atom is 0.387 e. The van der Waals surface area contributed by atoms with E-state index in [4.69, 9.17) is 16.3 Å². The molecule has 3 rings (SSSR count). The summed E-state index contributed by atoms with van der Waals surface area (Å²) in [4.78, 5) is 28.0. The molecule has 0 atom stereocenters. The number of carbonyl (C=O) groups excluding carboxylic acids is 2. The lowest BCUT2D eigenvalue weighted by Gasteiger charge is -2.05. The molecule has 0 fully saturated rings. The zero-order chi connectivity index (χ0) is 20.1. The summed E-state index contributed by atoms with van der Waals surface area (Å²) in [5.41, 5.74) is 1.31. The summed E-state index contributed by atoms with van der Waals surface area (Å²) in [7, 11) is 0. The fraction of sp³-hybridized carbons (Fsp3) is 0.105. The normalized spacial score (nSPS) is 11.3. The quantitative estimate of drug-likeness (QED) is 0.336. The lowest BCUT2D eigenvalue weighted by atomic mass is 10.1. The highest BCUT2D eigenvalue weighted by Gasteiger charge is 2.11. The molecule has 144 valence electrons. The molecule has 9 heteroatoms. The first-order valence-corrected chi connectivity index (χ1v) is 8.37. The molecule has 0 unspecified atom stereocenters. The minimum absolute atomic E-state index is 0.0728. The molecule has 28 heavy (non-hydrogen) atoms. The molecule has 0 aliphatic carbocycles. The summed E-state index contributed by atoms with van der Waals surface area (Å²) in [6.07, 6.45) is 4.31. The molecule has 3 aromatic rings. The molecule has 1 aromatic carbocycles. The van der Waals surface area contributed by atoms with Crippen molar-refractivity contribution in [2.24, 2.45) is 0 Å². The number of nitrogens with zero attached hydrogens (tertiary/aromatic N) is 2. The fourth-order valence-corrected chi connectivity index (χ4v) is 2.61. The number of esters is 1. The third-order valence-corrected chi connectivity index (χ3v) is 3.92. The molecule has 0 aliphatic heterocycles. The minimum Gasteiger partial charge on any atom is -0.454 e. The van der Waals surface area contributed by atoms with E-state index in [0.29, 0.717) is 11.3 Å². The molecule has 0 saturated carbocycles. The minimum atomic E-state index is -2.95. The molecule has 2 heterocycles. The fourth-order valence-electron chi connectivity index (χ4n) is 2.37. The van der Waals surface area contributed by atoms with Crippen LogP contribution in [-0.2, 0) is 9.53 Å². The Bertz CT molecular complexity index is 1030. The predicted molar refractivity (Wildman–Crippen MR) is 97.6 cm³/mol. The van der Waals surface area contributed by atoms with Crippen LogP contribution in [0.15, 0.2) is 54.7 Å². The lowest BCUT2D eigenvalue weighted by molar-refractivity contribution is -0.136. The Morgan fingerprint density at radius 2 is 1.93 bits per heavy atom. The van der Waals surface area contributed by atoms with Gasteiger partial charge in [0.25, 0.3) is 0 Å². The molecule has 0 amide bonds. The number of benzene rings is 1. The third-order valence-electron chi connectivity index (χ3n) is 3.65. The summed E-state index contributed by atoms with van der Waals surface area (Å²) in [5.74, 6) is -1.30. The van der Waals surface area contributed by atoms with Gasteiger partial charge in [-0.2, -0.15) is 8.78 Å². The van der Waals surface area contributed by atoms with Crippen molar-refractivity contribution in [3.8, 4) is 5.75 Å². The van der Waals surface area contributed by atoms with Crippen molar-refractivity contribution in [1.29, 1.82) is 0 Å². The first kappa shape index (κ1) is 19.5. The van der Waals surface area contributed by atoms with Gasteiger partial charge in [-0.3, -0.25) is 9.20 Å². The third kappa shape index (κ3) is 4.72. The molecule has 6 nitrogen and oxygen atoms in total. The van der Waals surface area contributed by atoms with Gasteiger partial charge in [-0.05, 0) is 42.5 Å². The SMILES string of the molecule is O=C(/C=C/c1c(Cl)nc2ccccn12)OCC(=O)c1ccc(OC(F)F)cc1. The first-order valence-electron chi connectivity index (χ1n) is 7.99. The summed E-state index contributed by atoms with van der Waals surface area (Å²) >= 11 is 6.06. The average molecular weight is 407 g/mol. The number of hydrogen-bond acceptors (Lipinski definition) is 5. The Hall–Kier alpha value is -3.26. The lowest BCUT2D eigenvalue weighted by Crippen LogP contribution is -2.12. The van der Waals surface area contributed by atoms with Gasteiger partial charge in [-0.1, -0.05) is 17.7 Å². The number of ether oxygens (including phenoxy) is 2. The highest BCUT2D eigenvalue weighted by molar-refractivity contribution is 6.31. The number of fused-ring (bicyclic) bond motifs is 1. The smallest absolute Gasteiger partial charge is 0.387 e.